The zero-order chi connectivity index (χ0) is 13.8. The molecule has 0 bridgehead atoms. The molecule has 0 spiro atoms. The average Bonchev–Trinajstić information content (AvgIpc) is 2.39. The molecule has 100 valence electrons. The molecule has 0 fully saturated rings. The largest absolute Gasteiger partial charge is 0.494 e. The Labute approximate surface area is 118 Å². The molecule has 2 rings (SSSR count). The molecule has 0 saturated carbocycles. The first-order valence-electron chi connectivity index (χ1n) is 5.61. The quantitative estimate of drug-likeness (QED) is 0.901. The van der Waals surface area contributed by atoms with Gasteiger partial charge in [0.15, 0.2) is 11.6 Å². The first-order chi connectivity index (χ1) is 9.10. The van der Waals surface area contributed by atoms with Crippen LogP contribution in [0.5, 0.6) is 5.75 Å². The molecule has 0 aliphatic heterocycles. The van der Waals surface area contributed by atoms with Crippen molar-refractivity contribution in [3.63, 3.8) is 0 Å². The van der Waals surface area contributed by atoms with Crippen LogP contribution in [0.15, 0.2) is 40.9 Å². The molecular weight excluding hydrogens is 316 g/mol. The highest BCUT2D eigenvalue weighted by Gasteiger charge is 2.05. The van der Waals surface area contributed by atoms with E-state index in [4.69, 9.17) is 4.74 Å². The van der Waals surface area contributed by atoms with Gasteiger partial charge in [0, 0.05) is 22.8 Å². The number of hydrogen-bond acceptors (Lipinski definition) is 2. The van der Waals surface area contributed by atoms with E-state index in [2.05, 4.69) is 21.2 Å². The Morgan fingerprint density at radius 1 is 1.16 bits per heavy atom. The predicted molar refractivity (Wildman–Crippen MR) is 74.4 cm³/mol. The van der Waals surface area contributed by atoms with Crippen molar-refractivity contribution in [3.8, 4) is 5.75 Å². The van der Waals surface area contributed by atoms with Gasteiger partial charge in [-0.15, -0.1) is 0 Å². The summed E-state index contributed by atoms with van der Waals surface area (Å²) in [5, 5.41) is 3.12. The van der Waals surface area contributed by atoms with Crippen molar-refractivity contribution in [1.82, 2.24) is 0 Å². The van der Waals surface area contributed by atoms with Gasteiger partial charge in [0.05, 0.1) is 7.11 Å². The van der Waals surface area contributed by atoms with Gasteiger partial charge in [0.25, 0.3) is 0 Å². The minimum atomic E-state index is -0.406. The molecule has 5 heteroatoms. The Kier molecular flexibility index (Phi) is 4.37. The second kappa shape index (κ2) is 6.02. The van der Waals surface area contributed by atoms with Crippen LogP contribution in [0, 0.1) is 11.6 Å². The monoisotopic (exact) mass is 327 g/mol. The molecule has 2 aromatic rings. The van der Waals surface area contributed by atoms with Crippen LogP contribution in [0.3, 0.4) is 0 Å². The molecule has 0 heterocycles. The van der Waals surface area contributed by atoms with Gasteiger partial charge in [-0.05, 0) is 29.8 Å². The number of methoxy groups -OCH3 is 1. The van der Waals surface area contributed by atoms with E-state index in [1.807, 2.05) is 0 Å². The molecule has 0 unspecified atom stereocenters. The molecule has 2 nitrogen and oxygen atoms in total. The van der Waals surface area contributed by atoms with Crippen LogP contribution in [0.1, 0.15) is 5.56 Å². The summed E-state index contributed by atoms with van der Waals surface area (Å²) in [5.41, 5.74) is 1.64. The minimum absolute atomic E-state index is 0.183. The summed E-state index contributed by atoms with van der Waals surface area (Å²) >= 11 is 3.30. The van der Waals surface area contributed by atoms with Crippen LogP contribution < -0.4 is 10.1 Å². The van der Waals surface area contributed by atoms with Gasteiger partial charge in [-0.2, -0.15) is 0 Å². The number of hydrogen-bond donors (Lipinski definition) is 1. The first kappa shape index (κ1) is 13.8. The number of nitrogens with one attached hydrogen (secondary N) is 1. The summed E-state index contributed by atoms with van der Waals surface area (Å²) in [7, 11) is 1.42. The van der Waals surface area contributed by atoms with E-state index in [1.165, 1.54) is 25.3 Å². The topological polar surface area (TPSA) is 21.3 Å². The lowest BCUT2D eigenvalue weighted by Gasteiger charge is -2.10. The van der Waals surface area contributed by atoms with Crippen molar-refractivity contribution in [2.75, 3.05) is 12.4 Å². The third-order valence-electron chi connectivity index (χ3n) is 2.65. The fourth-order valence-corrected chi connectivity index (χ4v) is 2.12. The van der Waals surface area contributed by atoms with Gasteiger partial charge < -0.3 is 10.1 Å². The number of rotatable bonds is 4. The maximum atomic E-state index is 13.2. The summed E-state index contributed by atoms with van der Waals surface area (Å²) in [4.78, 5) is 0. The highest BCUT2D eigenvalue weighted by molar-refractivity contribution is 9.10. The summed E-state index contributed by atoms with van der Waals surface area (Å²) in [6.45, 7) is 0.496. The van der Waals surface area contributed by atoms with Gasteiger partial charge >= 0.3 is 0 Å². The SMILES string of the molecule is COc1cc(NCc2ccc(F)cc2Br)ccc1F. The van der Waals surface area contributed by atoms with E-state index in [-0.39, 0.29) is 11.6 Å². The zero-order valence-corrected chi connectivity index (χ0v) is 11.8. The minimum Gasteiger partial charge on any atom is -0.494 e. The van der Waals surface area contributed by atoms with Crippen LogP contribution in [-0.2, 0) is 6.54 Å². The summed E-state index contributed by atoms with van der Waals surface area (Å²) in [6.07, 6.45) is 0. The Morgan fingerprint density at radius 3 is 2.63 bits per heavy atom. The molecule has 19 heavy (non-hydrogen) atoms. The smallest absolute Gasteiger partial charge is 0.165 e. The number of halogens is 3. The highest BCUT2D eigenvalue weighted by Crippen LogP contribution is 2.23. The van der Waals surface area contributed by atoms with E-state index >= 15 is 0 Å². The van der Waals surface area contributed by atoms with Gasteiger partial charge in [0.2, 0.25) is 0 Å². The van der Waals surface area contributed by atoms with Gasteiger partial charge in [-0.1, -0.05) is 22.0 Å². The Hall–Kier alpha value is -1.62. The summed E-state index contributed by atoms with van der Waals surface area (Å²) in [6, 6.07) is 9.02. The third-order valence-corrected chi connectivity index (χ3v) is 3.39. The lowest BCUT2D eigenvalue weighted by Crippen LogP contribution is -2.01. The molecule has 0 aromatic heterocycles. The van der Waals surface area contributed by atoms with Crippen molar-refractivity contribution in [2.24, 2.45) is 0 Å². The molecule has 0 atom stereocenters. The third kappa shape index (κ3) is 3.44. The van der Waals surface area contributed by atoms with Crippen molar-refractivity contribution < 1.29 is 13.5 Å². The van der Waals surface area contributed by atoms with Crippen LogP contribution in [0.2, 0.25) is 0 Å². The average molecular weight is 328 g/mol. The van der Waals surface area contributed by atoms with E-state index in [9.17, 15) is 8.78 Å². The van der Waals surface area contributed by atoms with Gasteiger partial charge in [-0.3, -0.25) is 0 Å². The maximum Gasteiger partial charge on any atom is 0.165 e. The lowest BCUT2D eigenvalue weighted by molar-refractivity contribution is 0.387. The van der Waals surface area contributed by atoms with Crippen LogP contribution in [-0.4, -0.2) is 7.11 Å². The fraction of sp³-hybridized carbons (Fsp3) is 0.143. The number of ether oxygens (including phenoxy) is 1. The Balaban J connectivity index is 2.10. The molecule has 0 aliphatic rings. The molecule has 0 radical (unpaired) electrons. The van der Waals surface area contributed by atoms with Crippen molar-refractivity contribution in [2.45, 2.75) is 6.54 Å². The lowest BCUT2D eigenvalue weighted by atomic mass is 10.2. The zero-order valence-electron chi connectivity index (χ0n) is 10.2. The highest BCUT2D eigenvalue weighted by atomic mass is 79.9. The second-order valence-corrected chi connectivity index (χ2v) is 4.79. The van der Waals surface area contributed by atoms with Crippen molar-refractivity contribution in [1.29, 1.82) is 0 Å². The molecule has 1 N–H and O–H groups in total. The molecule has 0 amide bonds. The van der Waals surface area contributed by atoms with Gasteiger partial charge in [0.1, 0.15) is 5.82 Å². The summed E-state index contributed by atoms with van der Waals surface area (Å²) < 4.78 is 31.8. The normalized spacial score (nSPS) is 10.3. The van der Waals surface area contributed by atoms with E-state index < -0.39 is 5.82 Å². The summed E-state index contributed by atoms with van der Waals surface area (Å²) in [5.74, 6) is -0.515. The van der Waals surface area contributed by atoms with Crippen molar-refractivity contribution in [3.05, 3.63) is 58.1 Å². The number of benzene rings is 2. The Morgan fingerprint density at radius 2 is 1.95 bits per heavy atom. The predicted octanol–water partition coefficient (Wildman–Crippen LogP) is 4.35. The molecule has 2 aromatic carbocycles. The Bertz CT molecular complexity index is 590. The first-order valence-corrected chi connectivity index (χ1v) is 6.41. The van der Waals surface area contributed by atoms with E-state index in [1.54, 1.807) is 18.2 Å². The van der Waals surface area contributed by atoms with Crippen LogP contribution in [0.25, 0.3) is 0 Å². The van der Waals surface area contributed by atoms with Crippen LogP contribution in [0.4, 0.5) is 14.5 Å². The van der Waals surface area contributed by atoms with Crippen molar-refractivity contribution >= 4 is 21.6 Å². The fourth-order valence-electron chi connectivity index (χ4n) is 1.63. The molecular formula is C14H12BrF2NO. The van der Waals surface area contributed by atoms with E-state index in [0.717, 1.165) is 11.3 Å². The maximum absolute atomic E-state index is 13.2. The van der Waals surface area contributed by atoms with Gasteiger partial charge in [-0.25, -0.2) is 8.78 Å². The second-order valence-electron chi connectivity index (χ2n) is 3.94. The van der Waals surface area contributed by atoms with Crippen LogP contribution >= 0.6 is 15.9 Å². The molecule has 0 saturated heterocycles. The standard InChI is InChI=1S/C14H12BrF2NO/c1-19-14-7-11(4-5-13(14)17)18-8-9-2-3-10(16)6-12(9)15/h2-7,18H,8H2,1H3. The number of anilines is 1. The van der Waals surface area contributed by atoms with E-state index in [0.29, 0.717) is 11.0 Å². The molecule has 0 aliphatic carbocycles.